The number of methoxy groups -OCH3 is 1. The lowest BCUT2D eigenvalue weighted by atomic mass is 10.3. The van der Waals surface area contributed by atoms with E-state index in [4.69, 9.17) is 4.74 Å². The number of nitrogens with zero attached hydrogens (tertiary/aromatic N) is 1. The van der Waals surface area contributed by atoms with E-state index in [1.54, 1.807) is 7.11 Å². The first-order valence-electron chi connectivity index (χ1n) is 6.19. The highest BCUT2D eigenvalue weighted by atomic mass is 16.5. The molecule has 0 spiro atoms. The minimum absolute atomic E-state index is 0.216. The second-order valence-corrected chi connectivity index (χ2v) is 4.28. The molecule has 3 N–H and O–H groups in total. The Morgan fingerprint density at radius 1 is 1.47 bits per heavy atom. The van der Waals surface area contributed by atoms with Gasteiger partial charge in [-0.1, -0.05) is 0 Å². The number of anilines is 1. The van der Waals surface area contributed by atoms with Crippen LogP contribution >= 0.6 is 0 Å². The molecule has 0 atom stereocenters. The van der Waals surface area contributed by atoms with E-state index in [-0.39, 0.29) is 6.03 Å². The number of amides is 2. The normalized spacial score (nSPS) is 10.6. The molecule has 0 aliphatic heterocycles. The summed E-state index contributed by atoms with van der Waals surface area (Å²) in [5.41, 5.74) is 2.54. The van der Waals surface area contributed by atoms with Crippen molar-refractivity contribution >= 4 is 22.8 Å². The molecule has 0 bridgehead atoms. The van der Waals surface area contributed by atoms with Crippen LogP contribution in [0.2, 0.25) is 0 Å². The van der Waals surface area contributed by atoms with Gasteiger partial charge in [0.15, 0.2) is 0 Å². The number of aromatic nitrogens is 2. The van der Waals surface area contributed by atoms with Crippen LogP contribution in [0.15, 0.2) is 18.2 Å². The minimum atomic E-state index is -0.216. The predicted octanol–water partition coefficient (Wildman–Crippen LogP) is 2.03. The van der Waals surface area contributed by atoms with Gasteiger partial charge >= 0.3 is 6.03 Å². The molecule has 0 aliphatic carbocycles. The monoisotopic (exact) mass is 262 g/mol. The van der Waals surface area contributed by atoms with Crippen molar-refractivity contribution in [1.82, 2.24) is 15.3 Å². The highest BCUT2D eigenvalue weighted by Gasteiger charge is 2.04. The lowest BCUT2D eigenvalue weighted by molar-refractivity contribution is 0.194. The molecule has 1 heterocycles. The summed E-state index contributed by atoms with van der Waals surface area (Å²) in [7, 11) is 1.64. The van der Waals surface area contributed by atoms with Crippen molar-refractivity contribution in [3.63, 3.8) is 0 Å². The Bertz CT molecular complexity index is 565. The first kappa shape index (κ1) is 13.4. The van der Waals surface area contributed by atoms with E-state index in [1.807, 2.05) is 25.1 Å². The van der Waals surface area contributed by atoms with Gasteiger partial charge < -0.3 is 20.4 Å². The smallest absolute Gasteiger partial charge is 0.319 e. The van der Waals surface area contributed by atoms with Crippen LogP contribution in [0.5, 0.6) is 0 Å². The van der Waals surface area contributed by atoms with Gasteiger partial charge in [-0.15, -0.1) is 0 Å². The number of rotatable bonds is 5. The number of ether oxygens (including phenoxy) is 1. The molecule has 2 amide bonds. The molecule has 6 nitrogen and oxygen atoms in total. The Hall–Kier alpha value is -2.08. The maximum atomic E-state index is 11.6. The molecule has 1 aromatic carbocycles. The fourth-order valence-electron chi connectivity index (χ4n) is 1.81. The number of hydrogen-bond donors (Lipinski definition) is 3. The second kappa shape index (κ2) is 6.19. The highest BCUT2D eigenvalue weighted by molar-refractivity contribution is 5.91. The zero-order valence-electron chi connectivity index (χ0n) is 11.1. The molecule has 0 saturated carbocycles. The van der Waals surface area contributed by atoms with Crippen molar-refractivity contribution in [3.8, 4) is 0 Å². The van der Waals surface area contributed by atoms with Gasteiger partial charge in [0.05, 0.1) is 11.0 Å². The van der Waals surface area contributed by atoms with Crippen LogP contribution in [0.1, 0.15) is 12.2 Å². The van der Waals surface area contributed by atoms with Crippen molar-refractivity contribution in [2.45, 2.75) is 13.3 Å². The molecular weight excluding hydrogens is 244 g/mol. The molecule has 102 valence electrons. The Morgan fingerprint density at radius 3 is 3.11 bits per heavy atom. The fourth-order valence-corrected chi connectivity index (χ4v) is 1.81. The SMILES string of the molecule is COCCCNC(=O)Nc1ccc2nc(C)[nH]c2c1. The van der Waals surface area contributed by atoms with Crippen LogP contribution in [0.4, 0.5) is 10.5 Å². The summed E-state index contributed by atoms with van der Waals surface area (Å²) in [5.74, 6) is 0.858. The average Bonchev–Trinajstić information content (AvgIpc) is 2.74. The predicted molar refractivity (Wildman–Crippen MR) is 74.3 cm³/mol. The molecule has 0 saturated heterocycles. The van der Waals surface area contributed by atoms with Gasteiger partial charge in [0, 0.05) is 25.9 Å². The number of urea groups is 1. The fraction of sp³-hybridized carbons (Fsp3) is 0.385. The maximum absolute atomic E-state index is 11.6. The summed E-state index contributed by atoms with van der Waals surface area (Å²) in [5, 5.41) is 5.54. The third-order valence-electron chi connectivity index (χ3n) is 2.67. The summed E-state index contributed by atoms with van der Waals surface area (Å²) >= 11 is 0. The van der Waals surface area contributed by atoms with Gasteiger partial charge in [0.2, 0.25) is 0 Å². The van der Waals surface area contributed by atoms with Crippen LogP contribution < -0.4 is 10.6 Å². The summed E-state index contributed by atoms with van der Waals surface area (Å²) in [4.78, 5) is 19.1. The quantitative estimate of drug-likeness (QED) is 0.721. The molecule has 1 aromatic heterocycles. The number of fused-ring (bicyclic) bond motifs is 1. The Labute approximate surface area is 111 Å². The number of aryl methyl sites for hydroxylation is 1. The number of H-pyrrole nitrogens is 1. The van der Waals surface area contributed by atoms with E-state index in [9.17, 15) is 4.79 Å². The van der Waals surface area contributed by atoms with E-state index >= 15 is 0 Å². The van der Waals surface area contributed by atoms with Crippen molar-refractivity contribution < 1.29 is 9.53 Å². The lowest BCUT2D eigenvalue weighted by Crippen LogP contribution is -2.30. The molecule has 2 rings (SSSR count). The molecule has 0 radical (unpaired) electrons. The molecule has 0 fully saturated rings. The first-order valence-corrected chi connectivity index (χ1v) is 6.19. The third-order valence-corrected chi connectivity index (χ3v) is 2.67. The summed E-state index contributed by atoms with van der Waals surface area (Å²) < 4.78 is 4.91. The van der Waals surface area contributed by atoms with Crippen LogP contribution in [0.25, 0.3) is 11.0 Å². The topological polar surface area (TPSA) is 79.0 Å². The summed E-state index contributed by atoms with van der Waals surface area (Å²) in [6.45, 7) is 3.13. The molecule has 19 heavy (non-hydrogen) atoms. The standard InChI is InChI=1S/C13H18N4O2/c1-9-15-11-5-4-10(8-12(11)16-9)17-13(18)14-6-3-7-19-2/h4-5,8H,3,6-7H2,1-2H3,(H,15,16)(H2,14,17,18). The van der Waals surface area contributed by atoms with Crippen LogP contribution in [-0.2, 0) is 4.74 Å². The van der Waals surface area contributed by atoms with Crippen LogP contribution in [0, 0.1) is 6.92 Å². The number of carbonyl (C=O) groups excluding carboxylic acids is 1. The highest BCUT2D eigenvalue weighted by Crippen LogP contribution is 2.16. The largest absolute Gasteiger partial charge is 0.385 e. The number of imidazole rings is 1. The van der Waals surface area contributed by atoms with E-state index in [1.165, 1.54) is 0 Å². The van der Waals surface area contributed by atoms with Gasteiger partial charge in [0.1, 0.15) is 5.82 Å². The number of hydrogen-bond acceptors (Lipinski definition) is 3. The van der Waals surface area contributed by atoms with Gasteiger partial charge in [0.25, 0.3) is 0 Å². The zero-order valence-corrected chi connectivity index (χ0v) is 11.1. The van der Waals surface area contributed by atoms with Crippen LogP contribution in [-0.4, -0.2) is 36.3 Å². The van der Waals surface area contributed by atoms with Crippen LogP contribution in [0.3, 0.4) is 0 Å². The summed E-state index contributed by atoms with van der Waals surface area (Å²) in [6.07, 6.45) is 0.794. The Kier molecular flexibility index (Phi) is 4.35. The number of nitrogens with one attached hydrogen (secondary N) is 3. The van der Waals surface area contributed by atoms with Crippen molar-refractivity contribution in [2.24, 2.45) is 0 Å². The molecule has 2 aromatic rings. The maximum Gasteiger partial charge on any atom is 0.319 e. The summed E-state index contributed by atoms with van der Waals surface area (Å²) in [6, 6.07) is 5.35. The van der Waals surface area contributed by atoms with Crippen molar-refractivity contribution in [1.29, 1.82) is 0 Å². The van der Waals surface area contributed by atoms with Crippen molar-refractivity contribution in [2.75, 3.05) is 25.6 Å². The Balaban J connectivity index is 1.91. The Morgan fingerprint density at radius 2 is 2.32 bits per heavy atom. The lowest BCUT2D eigenvalue weighted by Gasteiger charge is -2.07. The van der Waals surface area contributed by atoms with Gasteiger partial charge in [-0.2, -0.15) is 0 Å². The van der Waals surface area contributed by atoms with E-state index in [0.29, 0.717) is 13.2 Å². The second-order valence-electron chi connectivity index (χ2n) is 4.28. The van der Waals surface area contributed by atoms with Gasteiger partial charge in [-0.25, -0.2) is 9.78 Å². The first-order chi connectivity index (χ1) is 9.19. The van der Waals surface area contributed by atoms with Crippen molar-refractivity contribution in [3.05, 3.63) is 24.0 Å². The van der Waals surface area contributed by atoms with E-state index in [0.717, 1.165) is 29.0 Å². The average molecular weight is 262 g/mol. The zero-order chi connectivity index (χ0) is 13.7. The number of aromatic amines is 1. The molecular formula is C13H18N4O2. The number of benzene rings is 1. The van der Waals surface area contributed by atoms with E-state index in [2.05, 4.69) is 20.6 Å². The molecule has 0 unspecified atom stereocenters. The molecule has 6 heteroatoms. The minimum Gasteiger partial charge on any atom is -0.385 e. The molecule has 0 aliphatic rings. The van der Waals surface area contributed by atoms with Gasteiger partial charge in [-0.05, 0) is 31.5 Å². The third kappa shape index (κ3) is 3.69. The van der Waals surface area contributed by atoms with Gasteiger partial charge in [-0.3, -0.25) is 0 Å². The number of carbonyl (C=O) groups is 1. The van der Waals surface area contributed by atoms with E-state index < -0.39 is 0 Å².